The van der Waals surface area contributed by atoms with Crippen LogP contribution < -0.4 is 0 Å². The van der Waals surface area contributed by atoms with Crippen LogP contribution >= 0.6 is 7.82 Å². The maximum Gasteiger partial charge on any atom is 0.472 e. The third kappa shape index (κ3) is 53.9. The predicted octanol–water partition coefficient (Wildman–Crippen LogP) is 17.7. The first-order chi connectivity index (χ1) is 32.5. The van der Waals surface area contributed by atoms with Gasteiger partial charge in [-0.05, 0) is 32.1 Å². The van der Waals surface area contributed by atoms with E-state index in [0.717, 1.165) is 57.8 Å². The largest absolute Gasteiger partial charge is 0.472 e. The van der Waals surface area contributed by atoms with Crippen molar-refractivity contribution in [2.24, 2.45) is 0 Å². The molecule has 0 radical (unpaired) electrons. The number of phosphoric ester groups is 1. The number of esters is 2. The molecule has 0 aliphatic carbocycles. The van der Waals surface area contributed by atoms with Crippen molar-refractivity contribution in [2.75, 3.05) is 47.5 Å². The molecular weight excluding hydrogens is 858 g/mol. The van der Waals surface area contributed by atoms with E-state index in [4.69, 9.17) is 18.5 Å². The summed E-state index contributed by atoms with van der Waals surface area (Å²) in [6, 6.07) is 0. The lowest BCUT2D eigenvalue weighted by Crippen LogP contribution is -2.37. The highest BCUT2D eigenvalue weighted by molar-refractivity contribution is 7.47. The fourth-order valence-electron chi connectivity index (χ4n) is 8.53. The van der Waals surface area contributed by atoms with Crippen LogP contribution in [0, 0.1) is 0 Å². The molecule has 0 bridgehead atoms. The molecule has 0 fully saturated rings. The lowest BCUT2D eigenvalue weighted by atomic mass is 10.0. The second-order valence-corrected chi connectivity index (χ2v) is 22.5. The number of nitrogens with zero attached hydrogens (tertiary/aromatic N) is 1. The van der Waals surface area contributed by atoms with Gasteiger partial charge in [-0.3, -0.25) is 18.6 Å². The minimum absolute atomic E-state index is 0.0333. The lowest BCUT2D eigenvalue weighted by molar-refractivity contribution is -0.870. The molecule has 0 saturated carbocycles. The number of quaternary nitrogens is 1. The van der Waals surface area contributed by atoms with Crippen molar-refractivity contribution in [1.29, 1.82) is 0 Å². The monoisotopic (exact) mass is 971 g/mol. The van der Waals surface area contributed by atoms with Gasteiger partial charge in [0, 0.05) is 12.8 Å². The van der Waals surface area contributed by atoms with Crippen LogP contribution in [0.15, 0.2) is 12.2 Å². The molecule has 0 amide bonds. The summed E-state index contributed by atoms with van der Waals surface area (Å²) in [5.74, 6) is -0.795. The molecule has 0 aromatic rings. The molecule has 0 saturated heterocycles. The van der Waals surface area contributed by atoms with Gasteiger partial charge in [-0.25, -0.2) is 4.57 Å². The van der Waals surface area contributed by atoms with Gasteiger partial charge in [-0.2, -0.15) is 0 Å². The molecule has 0 aromatic carbocycles. The number of carbonyl (C=O) groups is 2. The Balaban J connectivity index is 3.90. The van der Waals surface area contributed by atoms with Gasteiger partial charge in [0.15, 0.2) is 6.10 Å². The zero-order valence-electron chi connectivity index (χ0n) is 45.2. The average Bonchev–Trinajstić information content (AvgIpc) is 3.29. The zero-order valence-corrected chi connectivity index (χ0v) is 46.1. The maximum absolute atomic E-state index is 12.7. The van der Waals surface area contributed by atoms with Crippen LogP contribution in [0.4, 0.5) is 0 Å². The summed E-state index contributed by atoms with van der Waals surface area (Å²) < 4.78 is 34.4. The topological polar surface area (TPSA) is 108 Å². The second kappa shape index (κ2) is 49.7. The van der Waals surface area contributed by atoms with Gasteiger partial charge in [-0.1, -0.05) is 257 Å². The van der Waals surface area contributed by atoms with E-state index in [2.05, 4.69) is 26.0 Å². The second-order valence-electron chi connectivity index (χ2n) is 21.0. The molecule has 2 unspecified atom stereocenters. The summed E-state index contributed by atoms with van der Waals surface area (Å²) in [6.07, 6.45) is 57.4. The van der Waals surface area contributed by atoms with Crippen molar-refractivity contribution < 1.29 is 42.1 Å². The van der Waals surface area contributed by atoms with E-state index >= 15 is 0 Å². The van der Waals surface area contributed by atoms with Crippen LogP contribution in [0.1, 0.15) is 290 Å². The Morgan fingerprint density at radius 3 is 1.15 bits per heavy atom. The molecule has 0 rings (SSSR count). The zero-order chi connectivity index (χ0) is 49.2. The van der Waals surface area contributed by atoms with Gasteiger partial charge in [0.1, 0.15) is 19.8 Å². The van der Waals surface area contributed by atoms with Crippen molar-refractivity contribution in [1.82, 2.24) is 0 Å². The van der Waals surface area contributed by atoms with Crippen molar-refractivity contribution >= 4 is 19.8 Å². The number of unbranched alkanes of at least 4 members (excludes halogenated alkanes) is 38. The Hall–Kier alpha value is -1.25. The van der Waals surface area contributed by atoms with Crippen LogP contribution in [0.3, 0.4) is 0 Å². The summed E-state index contributed by atoms with van der Waals surface area (Å²) in [5, 5.41) is 0. The van der Waals surface area contributed by atoms with Crippen LogP contribution in [-0.2, 0) is 32.7 Å². The summed E-state index contributed by atoms with van der Waals surface area (Å²) >= 11 is 0. The number of carbonyl (C=O) groups excluding carboxylic acids is 2. The SMILES string of the molecule is CCCC/C=C\CCCCCCCC(=O)OC(COC(=O)CCCCCCCCCCCCCCCCCCCCCCCCCCCCCCCCCC)COP(=O)(O)OCC[N+](C)(C)C. The molecule has 1 N–H and O–H groups in total. The number of phosphoric acid groups is 1. The molecule has 67 heavy (non-hydrogen) atoms. The standard InChI is InChI=1S/C57H112NO8P/c1-6-8-10-12-14-16-18-19-20-21-22-23-24-25-26-27-28-29-30-31-32-33-34-35-36-37-38-40-41-43-45-47-49-56(59)63-53-55(54-65-67(61,62)64-52-51-58(3,4)5)66-57(60)50-48-46-44-42-39-17-15-13-11-9-7-2/h13,15,55H,6-12,14,16-54H2,1-5H3/p+1/b15-13-. The van der Waals surface area contributed by atoms with Crippen LogP contribution in [0.25, 0.3) is 0 Å². The molecule has 0 aliphatic heterocycles. The van der Waals surface area contributed by atoms with Gasteiger partial charge in [-0.15, -0.1) is 0 Å². The third-order valence-corrected chi connectivity index (χ3v) is 14.0. The highest BCUT2D eigenvalue weighted by Gasteiger charge is 2.27. The molecule has 0 aliphatic rings. The summed E-state index contributed by atoms with van der Waals surface area (Å²) in [6.45, 7) is 4.42. The van der Waals surface area contributed by atoms with E-state index in [0.29, 0.717) is 23.9 Å². The minimum Gasteiger partial charge on any atom is -0.462 e. The van der Waals surface area contributed by atoms with Gasteiger partial charge in [0.05, 0.1) is 27.7 Å². The number of allylic oxidation sites excluding steroid dienone is 2. The molecule has 0 aromatic heterocycles. The normalized spacial score (nSPS) is 13.3. The number of hydrogen-bond donors (Lipinski definition) is 1. The van der Waals surface area contributed by atoms with E-state index in [1.807, 2.05) is 21.1 Å². The smallest absolute Gasteiger partial charge is 0.462 e. The van der Waals surface area contributed by atoms with E-state index in [9.17, 15) is 19.0 Å². The Bertz CT molecular complexity index is 1140. The van der Waals surface area contributed by atoms with Crippen LogP contribution in [0.5, 0.6) is 0 Å². The number of likely N-dealkylation sites (N-methyl/N-ethyl adjacent to an activating group) is 1. The molecule has 0 heterocycles. The average molecular weight is 972 g/mol. The first-order valence-corrected chi connectivity index (χ1v) is 30.4. The molecule has 0 spiro atoms. The first-order valence-electron chi connectivity index (χ1n) is 28.9. The lowest BCUT2D eigenvalue weighted by Gasteiger charge is -2.24. The van der Waals surface area contributed by atoms with Crippen molar-refractivity contribution in [3.63, 3.8) is 0 Å². The highest BCUT2D eigenvalue weighted by Crippen LogP contribution is 2.43. The van der Waals surface area contributed by atoms with Gasteiger partial charge < -0.3 is 18.9 Å². The van der Waals surface area contributed by atoms with Crippen LogP contribution in [0.2, 0.25) is 0 Å². The first kappa shape index (κ1) is 65.8. The molecule has 9 nitrogen and oxygen atoms in total. The predicted molar refractivity (Wildman–Crippen MR) is 284 cm³/mol. The Morgan fingerprint density at radius 1 is 0.448 bits per heavy atom. The quantitative estimate of drug-likeness (QED) is 0.0211. The molecular formula is C57H113NO8P+. The van der Waals surface area contributed by atoms with E-state index in [-0.39, 0.29) is 25.6 Å². The minimum atomic E-state index is -4.38. The van der Waals surface area contributed by atoms with Gasteiger partial charge in [0.25, 0.3) is 0 Å². The maximum atomic E-state index is 12.7. The van der Waals surface area contributed by atoms with E-state index in [1.165, 1.54) is 199 Å². The fraction of sp³-hybridized carbons (Fsp3) is 0.930. The molecule has 2 atom stereocenters. The molecule has 10 heteroatoms. The van der Waals surface area contributed by atoms with Crippen molar-refractivity contribution in [3.8, 4) is 0 Å². The Kier molecular flexibility index (Phi) is 48.8. The van der Waals surface area contributed by atoms with Gasteiger partial charge >= 0.3 is 19.8 Å². The van der Waals surface area contributed by atoms with Gasteiger partial charge in [0.2, 0.25) is 0 Å². The van der Waals surface area contributed by atoms with E-state index in [1.54, 1.807) is 0 Å². The molecule has 398 valence electrons. The van der Waals surface area contributed by atoms with Crippen molar-refractivity contribution in [2.45, 2.75) is 296 Å². The van der Waals surface area contributed by atoms with Crippen LogP contribution in [-0.4, -0.2) is 74.9 Å². The Morgan fingerprint density at radius 2 is 0.776 bits per heavy atom. The number of ether oxygens (including phenoxy) is 2. The Labute approximate surface area is 416 Å². The third-order valence-electron chi connectivity index (χ3n) is 13.0. The van der Waals surface area contributed by atoms with E-state index < -0.39 is 26.5 Å². The van der Waals surface area contributed by atoms with Crippen molar-refractivity contribution in [3.05, 3.63) is 12.2 Å². The summed E-state index contributed by atoms with van der Waals surface area (Å²) in [5.41, 5.74) is 0. The summed E-state index contributed by atoms with van der Waals surface area (Å²) in [4.78, 5) is 35.5. The number of rotatable bonds is 54. The number of hydrogen-bond acceptors (Lipinski definition) is 7. The summed E-state index contributed by atoms with van der Waals surface area (Å²) in [7, 11) is 1.49. The fourth-order valence-corrected chi connectivity index (χ4v) is 9.27. The highest BCUT2D eigenvalue weighted by atomic mass is 31.2.